The Hall–Kier alpha value is -0.680. The molecule has 5 heteroatoms. The van der Waals surface area contributed by atoms with Crippen molar-refractivity contribution >= 4 is 44.7 Å². The van der Waals surface area contributed by atoms with Gasteiger partial charge in [-0.15, -0.1) is 11.3 Å². The molecule has 1 heterocycles. The summed E-state index contributed by atoms with van der Waals surface area (Å²) in [5.74, 6) is 0.134. The zero-order valence-electron chi connectivity index (χ0n) is 11.3. The van der Waals surface area contributed by atoms with Crippen LogP contribution in [-0.4, -0.2) is 24.3 Å². The summed E-state index contributed by atoms with van der Waals surface area (Å²) in [7, 11) is 1.96. The van der Waals surface area contributed by atoms with Crippen LogP contribution in [0.25, 0.3) is 0 Å². The molecule has 106 valence electrons. The number of halogens is 2. The first-order valence-electron chi connectivity index (χ1n) is 6.21. The fourth-order valence-electron chi connectivity index (χ4n) is 1.92. The second-order valence-electron chi connectivity index (χ2n) is 4.66. The number of Topliss-reactive ketones (excluding diaryl/α,β-unsaturated/α-hetero) is 1. The third-order valence-corrected chi connectivity index (χ3v) is 5.41. The summed E-state index contributed by atoms with van der Waals surface area (Å²) < 4.78 is 0.875. The number of hydrogen-bond acceptors (Lipinski definition) is 3. The van der Waals surface area contributed by atoms with E-state index in [9.17, 15) is 4.79 Å². The van der Waals surface area contributed by atoms with Gasteiger partial charge in [0, 0.05) is 15.5 Å². The Labute approximate surface area is 136 Å². The maximum absolute atomic E-state index is 12.2. The highest BCUT2D eigenvalue weighted by Crippen LogP contribution is 2.25. The predicted octanol–water partition coefficient (Wildman–Crippen LogP) is 5.04. The molecule has 0 amide bonds. The quantitative estimate of drug-likeness (QED) is 0.685. The number of thiophene rings is 1. The second-order valence-corrected chi connectivity index (χ2v) is 6.87. The van der Waals surface area contributed by atoms with Crippen LogP contribution in [0, 0.1) is 0 Å². The fraction of sp³-hybridized carbons (Fsp3) is 0.267. The van der Waals surface area contributed by atoms with Gasteiger partial charge in [-0.25, -0.2) is 0 Å². The summed E-state index contributed by atoms with van der Waals surface area (Å²) in [6.45, 7) is 2.48. The summed E-state index contributed by atoms with van der Waals surface area (Å²) in [6, 6.07) is 9.80. The molecule has 0 spiro atoms. The van der Waals surface area contributed by atoms with E-state index in [1.165, 1.54) is 11.3 Å². The first-order valence-corrected chi connectivity index (χ1v) is 8.26. The van der Waals surface area contributed by atoms with Crippen molar-refractivity contribution < 1.29 is 4.79 Å². The lowest BCUT2D eigenvalue weighted by atomic mass is 10.1. The van der Waals surface area contributed by atoms with E-state index in [-0.39, 0.29) is 11.8 Å². The summed E-state index contributed by atoms with van der Waals surface area (Å²) in [4.78, 5) is 15.1. The zero-order valence-corrected chi connectivity index (χ0v) is 14.4. The van der Waals surface area contributed by atoms with E-state index in [0.29, 0.717) is 6.54 Å². The molecule has 0 aliphatic rings. The Morgan fingerprint density at radius 2 is 2.00 bits per heavy atom. The van der Waals surface area contributed by atoms with Gasteiger partial charge in [-0.2, -0.15) is 0 Å². The van der Waals surface area contributed by atoms with Crippen molar-refractivity contribution in [3.63, 3.8) is 0 Å². The van der Waals surface area contributed by atoms with E-state index in [1.54, 1.807) is 0 Å². The molecule has 2 rings (SSSR count). The first kappa shape index (κ1) is 15.7. The van der Waals surface area contributed by atoms with Gasteiger partial charge < -0.3 is 0 Å². The molecular formula is C15H15BrClNOS. The Bertz CT molecular complexity index is 596. The van der Waals surface area contributed by atoms with E-state index < -0.39 is 0 Å². The smallest absolute Gasteiger partial charge is 0.187 e. The van der Waals surface area contributed by atoms with Gasteiger partial charge in [0.2, 0.25) is 0 Å². The van der Waals surface area contributed by atoms with Crippen molar-refractivity contribution in [3.05, 3.63) is 55.6 Å². The van der Waals surface area contributed by atoms with Crippen molar-refractivity contribution in [2.24, 2.45) is 0 Å². The Kier molecular flexibility index (Phi) is 5.38. The topological polar surface area (TPSA) is 20.3 Å². The molecule has 0 radical (unpaired) electrons. The Morgan fingerprint density at radius 3 is 2.55 bits per heavy atom. The molecular weight excluding hydrogens is 358 g/mol. The SMILES string of the molecule is CC(c1ccc(Cl)cc1)N(C)CC(=O)c1sccc1Br. The van der Waals surface area contributed by atoms with Gasteiger partial charge in [-0.1, -0.05) is 23.7 Å². The minimum atomic E-state index is 0.134. The van der Waals surface area contributed by atoms with Crippen molar-refractivity contribution in [2.45, 2.75) is 13.0 Å². The molecule has 2 nitrogen and oxygen atoms in total. The van der Waals surface area contributed by atoms with Gasteiger partial charge in [-0.05, 0) is 59.0 Å². The molecule has 0 fully saturated rings. The van der Waals surface area contributed by atoms with Gasteiger partial charge in [-0.3, -0.25) is 9.69 Å². The van der Waals surface area contributed by atoms with Crippen molar-refractivity contribution in [3.8, 4) is 0 Å². The van der Waals surface area contributed by atoms with Gasteiger partial charge in [0.25, 0.3) is 0 Å². The van der Waals surface area contributed by atoms with E-state index in [2.05, 4.69) is 22.9 Å². The number of carbonyl (C=O) groups is 1. The van der Waals surface area contributed by atoms with Crippen LogP contribution in [0.3, 0.4) is 0 Å². The molecule has 0 aliphatic heterocycles. The number of rotatable bonds is 5. The molecule has 1 unspecified atom stereocenters. The van der Waals surface area contributed by atoms with E-state index >= 15 is 0 Å². The lowest BCUT2D eigenvalue weighted by Crippen LogP contribution is -2.28. The highest BCUT2D eigenvalue weighted by atomic mass is 79.9. The van der Waals surface area contributed by atoms with Gasteiger partial charge in [0.1, 0.15) is 0 Å². The number of hydrogen-bond donors (Lipinski definition) is 0. The van der Waals surface area contributed by atoms with E-state index in [0.717, 1.165) is 19.9 Å². The normalized spacial score (nSPS) is 12.7. The van der Waals surface area contributed by atoms with Crippen LogP contribution >= 0.6 is 38.9 Å². The molecule has 0 saturated heterocycles. The number of carbonyl (C=O) groups excluding carboxylic acids is 1. The summed E-state index contributed by atoms with van der Waals surface area (Å²) in [6.07, 6.45) is 0. The van der Waals surface area contributed by atoms with Crippen LogP contribution in [0.2, 0.25) is 5.02 Å². The standard InChI is InChI=1S/C15H15BrClNOS/c1-10(11-3-5-12(17)6-4-11)18(2)9-14(19)15-13(16)7-8-20-15/h3-8,10H,9H2,1-2H3. The largest absolute Gasteiger partial charge is 0.292 e. The molecule has 0 bridgehead atoms. The summed E-state index contributed by atoms with van der Waals surface area (Å²) >= 11 is 10.8. The average Bonchev–Trinajstić information content (AvgIpc) is 2.85. The van der Waals surface area contributed by atoms with E-state index in [1.807, 2.05) is 47.7 Å². The van der Waals surface area contributed by atoms with Crippen LogP contribution in [-0.2, 0) is 0 Å². The molecule has 20 heavy (non-hydrogen) atoms. The predicted molar refractivity (Wildman–Crippen MR) is 88.8 cm³/mol. The lowest BCUT2D eigenvalue weighted by molar-refractivity contribution is 0.0928. The first-order chi connectivity index (χ1) is 9.49. The highest BCUT2D eigenvalue weighted by molar-refractivity contribution is 9.10. The monoisotopic (exact) mass is 371 g/mol. The molecule has 0 aliphatic carbocycles. The molecule has 1 atom stereocenters. The minimum absolute atomic E-state index is 0.134. The molecule has 0 N–H and O–H groups in total. The summed E-state index contributed by atoms with van der Waals surface area (Å²) in [5, 5.41) is 2.64. The zero-order chi connectivity index (χ0) is 14.7. The lowest BCUT2D eigenvalue weighted by Gasteiger charge is -2.24. The molecule has 1 aromatic heterocycles. The van der Waals surface area contributed by atoms with E-state index in [4.69, 9.17) is 11.6 Å². The molecule has 0 saturated carbocycles. The average molecular weight is 373 g/mol. The van der Waals surface area contributed by atoms with Crippen LogP contribution in [0.1, 0.15) is 28.2 Å². The van der Waals surface area contributed by atoms with Crippen molar-refractivity contribution in [1.29, 1.82) is 0 Å². The molecule has 1 aromatic carbocycles. The Morgan fingerprint density at radius 1 is 1.35 bits per heavy atom. The van der Waals surface area contributed by atoms with Gasteiger partial charge in [0.15, 0.2) is 5.78 Å². The number of ketones is 1. The van der Waals surface area contributed by atoms with Crippen LogP contribution in [0.5, 0.6) is 0 Å². The van der Waals surface area contributed by atoms with Crippen molar-refractivity contribution in [1.82, 2.24) is 4.90 Å². The highest BCUT2D eigenvalue weighted by Gasteiger charge is 2.18. The maximum atomic E-state index is 12.2. The molecule has 2 aromatic rings. The maximum Gasteiger partial charge on any atom is 0.187 e. The summed E-state index contributed by atoms with van der Waals surface area (Å²) in [5.41, 5.74) is 1.15. The van der Waals surface area contributed by atoms with Crippen LogP contribution in [0.4, 0.5) is 0 Å². The van der Waals surface area contributed by atoms with Gasteiger partial charge >= 0.3 is 0 Å². The third kappa shape index (κ3) is 3.70. The van der Waals surface area contributed by atoms with Gasteiger partial charge in [0.05, 0.1) is 11.4 Å². The Balaban J connectivity index is 2.04. The fourth-order valence-corrected chi connectivity index (χ4v) is 3.58. The number of nitrogens with zero attached hydrogens (tertiary/aromatic N) is 1. The third-order valence-electron chi connectivity index (χ3n) is 3.28. The number of likely N-dealkylation sites (N-methyl/N-ethyl adjacent to an activating group) is 1. The van der Waals surface area contributed by atoms with Crippen molar-refractivity contribution in [2.75, 3.05) is 13.6 Å². The minimum Gasteiger partial charge on any atom is -0.292 e. The van der Waals surface area contributed by atoms with Crippen LogP contribution in [0.15, 0.2) is 40.2 Å². The number of benzene rings is 1. The second kappa shape index (κ2) is 6.85. The van der Waals surface area contributed by atoms with Crippen LogP contribution < -0.4 is 0 Å².